The molecule has 1 aromatic heterocycles. The average Bonchev–Trinajstić information content (AvgIpc) is 2.25. The van der Waals surface area contributed by atoms with E-state index < -0.39 is 0 Å². The van der Waals surface area contributed by atoms with Gasteiger partial charge in [-0.3, -0.25) is 0 Å². The Kier molecular flexibility index (Phi) is 5.63. The van der Waals surface area contributed by atoms with Crippen molar-refractivity contribution in [2.24, 2.45) is 5.41 Å². The number of aromatic nitrogens is 1. The summed E-state index contributed by atoms with van der Waals surface area (Å²) in [5.74, 6) is 0.972. The summed E-state index contributed by atoms with van der Waals surface area (Å²) in [6.07, 6.45) is 1.74. The van der Waals surface area contributed by atoms with Gasteiger partial charge >= 0.3 is 0 Å². The van der Waals surface area contributed by atoms with Crippen LogP contribution >= 0.6 is 11.6 Å². The van der Waals surface area contributed by atoms with Crippen molar-refractivity contribution in [2.45, 2.75) is 47.2 Å². The molecule has 0 aliphatic carbocycles. The maximum absolute atomic E-state index is 6.20. The summed E-state index contributed by atoms with van der Waals surface area (Å²) in [6, 6.07) is 2.52. The van der Waals surface area contributed by atoms with Gasteiger partial charge in [-0.25, -0.2) is 4.98 Å². The van der Waals surface area contributed by atoms with Crippen molar-refractivity contribution >= 4 is 17.4 Å². The minimum atomic E-state index is 0.242. The fourth-order valence-corrected chi connectivity index (χ4v) is 2.09. The zero-order chi connectivity index (χ0) is 14.6. The molecular weight excluding hydrogens is 258 g/mol. The summed E-state index contributed by atoms with van der Waals surface area (Å²) in [7, 11) is 2.07. The molecule has 1 rings (SSSR count). The molecule has 19 heavy (non-hydrogen) atoms. The SMILES string of the molecule is CC(C)NCc1cc(N(C)CC(C)(C)C)ncc1Cl. The van der Waals surface area contributed by atoms with Gasteiger partial charge in [-0.1, -0.05) is 46.2 Å². The topological polar surface area (TPSA) is 28.2 Å². The van der Waals surface area contributed by atoms with Crippen molar-refractivity contribution in [3.8, 4) is 0 Å². The molecule has 1 aromatic rings. The van der Waals surface area contributed by atoms with Crippen molar-refractivity contribution < 1.29 is 0 Å². The fraction of sp³-hybridized carbons (Fsp3) is 0.667. The predicted molar refractivity (Wildman–Crippen MR) is 83.9 cm³/mol. The number of halogens is 1. The summed E-state index contributed by atoms with van der Waals surface area (Å²) in [5, 5.41) is 4.11. The average molecular weight is 284 g/mol. The lowest BCUT2D eigenvalue weighted by atomic mass is 9.96. The van der Waals surface area contributed by atoms with E-state index in [-0.39, 0.29) is 5.41 Å². The molecule has 0 saturated heterocycles. The van der Waals surface area contributed by atoms with Crippen molar-refractivity contribution in [3.63, 3.8) is 0 Å². The van der Waals surface area contributed by atoms with Crippen LogP contribution in [0.2, 0.25) is 5.02 Å². The summed E-state index contributed by atoms with van der Waals surface area (Å²) >= 11 is 6.20. The van der Waals surface area contributed by atoms with Gasteiger partial charge < -0.3 is 10.2 Å². The Morgan fingerprint density at radius 2 is 2.00 bits per heavy atom. The van der Waals surface area contributed by atoms with Gasteiger partial charge in [-0.2, -0.15) is 0 Å². The Hall–Kier alpha value is -0.800. The van der Waals surface area contributed by atoms with Crippen LogP contribution in [0.4, 0.5) is 5.82 Å². The lowest BCUT2D eigenvalue weighted by Crippen LogP contribution is -2.30. The predicted octanol–water partition coefficient (Wildman–Crippen LogP) is 3.72. The van der Waals surface area contributed by atoms with E-state index in [2.05, 4.69) is 62.9 Å². The molecule has 0 radical (unpaired) electrons. The van der Waals surface area contributed by atoms with E-state index in [9.17, 15) is 0 Å². The van der Waals surface area contributed by atoms with Gasteiger partial charge in [0.15, 0.2) is 0 Å². The van der Waals surface area contributed by atoms with Crippen molar-refractivity contribution in [2.75, 3.05) is 18.5 Å². The molecule has 0 amide bonds. The Morgan fingerprint density at radius 3 is 2.53 bits per heavy atom. The summed E-state index contributed by atoms with van der Waals surface area (Å²) in [6.45, 7) is 12.7. The second kappa shape index (κ2) is 6.58. The van der Waals surface area contributed by atoms with Crippen LogP contribution in [-0.4, -0.2) is 24.6 Å². The Labute approximate surface area is 122 Å². The smallest absolute Gasteiger partial charge is 0.128 e. The maximum atomic E-state index is 6.20. The highest BCUT2D eigenvalue weighted by molar-refractivity contribution is 6.31. The number of nitrogens with one attached hydrogen (secondary N) is 1. The lowest BCUT2D eigenvalue weighted by molar-refractivity contribution is 0.418. The highest BCUT2D eigenvalue weighted by Gasteiger charge is 2.15. The number of rotatable bonds is 5. The van der Waals surface area contributed by atoms with E-state index in [0.29, 0.717) is 6.04 Å². The molecule has 0 bridgehead atoms. The minimum Gasteiger partial charge on any atom is -0.359 e. The first kappa shape index (κ1) is 16.3. The molecule has 3 nitrogen and oxygen atoms in total. The largest absolute Gasteiger partial charge is 0.359 e. The number of nitrogens with zero attached hydrogens (tertiary/aromatic N) is 2. The van der Waals surface area contributed by atoms with Crippen LogP contribution in [0.15, 0.2) is 12.3 Å². The van der Waals surface area contributed by atoms with E-state index in [0.717, 1.165) is 29.5 Å². The number of hydrogen-bond donors (Lipinski definition) is 1. The number of pyridine rings is 1. The molecular formula is C15H26ClN3. The van der Waals surface area contributed by atoms with Gasteiger partial charge in [-0.05, 0) is 17.0 Å². The van der Waals surface area contributed by atoms with Crippen LogP contribution in [0, 0.1) is 5.41 Å². The summed E-state index contributed by atoms with van der Waals surface area (Å²) in [4.78, 5) is 6.59. The van der Waals surface area contributed by atoms with Gasteiger partial charge in [0.25, 0.3) is 0 Å². The van der Waals surface area contributed by atoms with Gasteiger partial charge in [0.05, 0.1) is 5.02 Å². The van der Waals surface area contributed by atoms with Gasteiger partial charge in [-0.15, -0.1) is 0 Å². The second-order valence-electron chi connectivity index (χ2n) is 6.59. The molecule has 0 aliphatic rings. The fourth-order valence-electron chi connectivity index (χ4n) is 1.92. The highest BCUT2D eigenvalue weighted by atomic mass is 35.5. The summed E-state index contributed by atoms with van der Waals surface area (Å²) < 4.78 is 0. The summed E-state index contributed by atoms with van der Waals surface area (Å²) in [5.41, 5.74) is 1.34. The Bertz CT molecular complexity index is 410. The lowest BCUT2D eigenvalue weighted by Gasteiger charge is -2.27. The number of hydrogen-bond acceptors (Lipinski definition) is 3. The molecule has 0 aromatic carbocycles. The molecule has 0 aliphatic heterocycles. The van der Waals surface area contributed by atoms with E-state index in [1.165, 1.54) is 0 Å². The maximum Gasteiger partial charge on any atom is 0.128 e. The molecule has 0 unspecified atom stereocenters. The van der Waals surface area contributed by atoms with E-state index in [4.69, 9.17) is 11.6 Å². The normalized spacial score (nSPS) is 12.0. The van der Waals surface area contributed by atoms with Crippen molar-refractivity contribution in [1.29, 1.82) is 0 Å². The molecule has 0 saturated carbocycles. The standard InChI is InChI=1S/C15H26ClN3/c1-11(2)17-8-12-7-14(18-9-13(12)16)19(6)10-15(3,4)5/h7,9,11,17H,8,10H2,1-6H3. The van der Waals surface area contributed by atoms with Gasteiger partial charge in [0, 0.05) is 32.4 Å². The minimum absolute atomic E-state index is 0.242. The molecule has 0 atom stereocenters. The second-order valence-corrected chi connectivity index (χ2v) is 6.99. The van der Waals surface area contributed by atoms with E-state index in [1.54, 1.807) is 6.20 Å². The third kappa shape index (κ3) is 5.79. The van der Waals surface area contributed by atoms with Gasteiger partial charge in [0.2, 0.25) is 0 Å². The van der Waals surface area contributed by atoms with Crippen LogP contribution in [0.5, 0.6) is 0 Å². The van der Waals surface area contributed by atoms with E-state index >= 15 is 0 Å². The molecule has 0 fully saturated rings. The first-order valence-electron chi connectivity index (χ1n) is 6.78. The molecule has 4 heteroatoms. The third-order valence-corrected chi connectivity index (χ3v) is 3.06. The van der Waals surface area contributed by atoms with Crippen molar-refractivity contribution in [1.82, 2.24) is 10.3 Å². The number of anilines is 1. The van der Waals surface area contributed by atoms with Crippen LogP contribution in [0.25, 0.3) is 0 Å². The highest BCUT2D eigenvalue weighted by Crippen LogP contribution is 2.23. The Morgan fingerprint density at radius 1 is 1.37 bits per heavy atom. The zero-order valence-corrected chi connectivity index (χ0v) is 13.7. The third-order valence-electron chi connectivity index (χ3n) is 2.72. The Balaban J connectivity index is 2.83. The molecule has 1 N–H and O–H groups in total. The zero-order valence-electron chi connectivity index (χ0n) is 12.9. The molecule has 108 valence electrons. The first-order chi connectivity index (χ1) is 8.69. The quantitative estimate of drug-likeness (QED) is 0.893. The van der Waals surface area contributed by atoms with Crippen LogP contribution < -0.4 is 10.2 Å². The van der Waals surface area contributed by atoms with Gasteiger partial charge in [0.1, 0.15) is 5.82 Å². The molecule has 1 heterocycles. The van der Waals surface area contributed by atoms with Crippen LogP contribution in [-0.2, 0) is 6.54 Å². The van der Waals surface area contributed by atoms with E-state index in [1.807, 2.05) is 0 Å². The first-order valence-corrected chi connectivity index (χ1v) is 7.16. The van der Waals surface area contributed by atoms with Crippen LogP contribution in [0.1, 0.15) is 40.2 Å². The monoisotopic (exact) mass is 283 g/mol. The van der Waals surface area contributed by atoms with Crippen LogP contribution in [0.3, 0.4) is 0 Å². The van der Waals surface area contributed by atoms with Crippen molar-refractivity contribution in [3.05, 3.63) is 22.8 Å². The molecule has 0 spiro atoms.